The van der Waals surface area contributed by atoms with E-state index >= 15 is 0 Å². The molecular weight excluding hydrogens is 234 g/mol. The number of hydrogen-bond acceptors (Lipinski definition) is 2. The smallest absolute Gasteiger partial charge is 0.0666 e. The zero-order chi connectivity index (χ0) is 13.8. The maximum absolute atomic E-state index is 4.47. The van der Waals surface area contributed by atoms with Gasteiger partial charge in [-0.3, -0.25) is 4.68 Å². The normalized spacial score (nSPS) is 12.6. The number of nitrogens with zero attached hydrogens (tertiary/aromatic N) is 2. The molecule has 1 heterocycles. The third kappa shape index (κ3) is 3.44. The summed E-state index contributed by atoms with van der Waals surface area (Å²) in [7, 11) is 1.98. The first-order chi connectivity index (χ1) is 9.10. The van der Waals surface area contributed by atoms with Crippen molar-refractivity contribution in [2.45, 2.75) is 39.8 Å². The Hall–Kier alpha value is -1.61. The zero-order valence-electron chi connectivity index (χ0n) is 12.3. The van der Waals surface area contributed by atoms with Gasteiger partial charge in [0.25, 0.3) is 0 Å². The van der Waals surface area contributed by atoms with Crippen molar-refractivity contribution >= 4 is 0 Å². The first-order valence-electron chi connectivity index (χ1n) is 6.91. The van der Waals surface area contributed by atoms with Crippen LogP contribution in [0.4, 0.5) is 0 Å². The second kappa shape index (κ2) is 6.02. The molecular formula is C16H23N3. The third-order valence-electron chi connectivity index (χ3n) is 3.50. The van der Waals surface area contributed by atoms with E-state index in [-0.39, 0.29) is 0 Å². The summed E-state index contributed by atoms with van der Waals surface area (Å²) in [6, 6.07) is 9.06. The SMILES string of the molecule is CCc1nn(C)cc1CNC(C)c1ccc(C)cc1. The monoisotopic (exact) mass is 257 g/mol. The molecule has 3 nitrogen and oxygen atoms in total. The Labute approximate surface area is 115 Å². The quantitative estimate of drug-likeness (QED) is 0.891. The standard InChI is InChI=1S/C16H23N3/c1-5-16-15(11-19(4)18-16)10-17-13(3)14-8-6-12(2)7-9-14/h6-9,11,13,17H,5,10H2,1-4H3. The number of hydrogen-bond donors (Lipinski definition) is 1. The van der Waals surface area contributed by atoms with Crippen LogP contribution in [-0.2, 0) is 20.0 Å². The second-order valence-electron chi connectivity index (χ2n) is 5.14. The fourth-order valence-corrected chi connectivity index (χ4v) is 2.27. The van der Waals surface area contributed by atoms with Gasteiger partial charge in [0.15, 0.2) is 0 Å². The van der Waals surface area contributed by atoms with E-state index in [9.17, 15) is 0 Å². The highest BCUT2D eigenvalue weighted by molar-refractivity contribution is 5.24. The van der Waals surface area contributed by atoms with Crippen molar-refractivity contribution in [1.82, 2.24) is 15.1 Å². The van der Waals surface area contributed by atoms with Crippen molar-refractivity contribution in [3.8, 4) is 0 Å². The van der Waals surface area contributed by atoms with Gasteiger partial charge in [0.2, 0.25) is 0 Å². The average Bonchev–Trinajstić information content (AvgIpc) is 2.77. The molecule has 1 atom stereocenters. The Morgan fingerprint density at radius 3 is 2.58 bits per heavy atom. The lowest BCUT2D eigenvalue weighted by molar-refractivity contribution is 0.572. The Kier molecular flexibility index (Phi) is 4.38. The first kappa shape index (κ1) is 13.8. The van der Waals surface area contributed by atoms with Crippen LogP contribution in [0.25, 0.3) is 0 Å². The van der Waals surface area contributed by atoms with Gasteiger partial charge in [0.05, 0.1) is 5.69 Å². The van der Waals surface area contributed by atoms with E-state index in [0.717, 1.165) is 13.0 Å². The van der Waals surface area contributed by atoms with Crippen molar-refractivity contribution in [2.75, 3.05) is 0 Å². The Balaban J connectivity index is 1.99. The van der Waals surface area contributed by atoms with Gasteiger partial charge in [-0.25, -0.2) is 0 Å². The van der Waals surface area contributed by atoms with Crippen molar-refractivity contribution in [1.29, 1.82) is 0 Å². The number of rotatable bonds is 5. The van der Waals surface area contributed by atoms with Crippen LogP contribution >= 0.6 is 0 Å². The number of nitrogens with one attached hydrogen (secondary N) is 1. The molecule has 102 valence electrons. The summed E-state index contributed by atoms with van der Waals surface area (Å²) >= 11 is 0. The number of aromatic nitrogens is 2. The van der Waals surface area contributed by atoms with Crippen LogP contribution in [0, 0.1) is 6.92 Å². The van der Waals surface area contributed by atoms with E-state index in [0.29, 0.717) is 6.04 Å². The minimum absolute atomic E-state index is 0.352. The van der Waals surface area contributed by atoms with E-state index < -0.39 is 0 Å². The maximum atomic E-state index is 4.47. The van der Waals surface area contributed by atoms with Gasteiger partial charge >= 0.3 is 0 Å². The highest BCUT2D eigenvalue weighted by Gasteiger charge is 2.08. The number of benzene rings is 1. The summed E-state index contributed by atoms with van der Waals surface area (Å²) in [5.41, 5.74) is 5.11. The van der Waals surface area contributed by atoms with Crippen LogP contribution in [0.15, 0.2) is 30.5 Å². The highest BCUT2D eigenvalue weighted by Crippen LogP contribution is 2.15. The van der Waals surface area contributed by atoms with Crippen LogP contribution in [0.1, 0.15) is 42.3 Å². The minimum Gasteiger partial charge on any atom is -0.306 e. The summed E-state index contributed by atoms with van der Waals surface area (Å²) in [4.78, 5) is 0. The van der Waals surface area contributed by atoms with Gasteiger partial charge < -0.3 is 5.32 Å². The van der Waals surface area contributed by atoms with Gasteiger partial charge in [-0.05, 0) is 25.8 Å². The van der Waals surface area contributed by atoms with Crippen molar-refractivity contribution in [3.63, 3.8) is 0 Å². The molecule has 3 heteroatoms. The van der Waals surface area contributed by atoms with Gasteiger partial charge in [-0.15, -0.1) is 0 Å². The van der Waals surface area contributed by atoms with Crippen LogP contribution in [-0.4, -0.2) is 9.78 Å². The highest BCUT2D eigenvalue weighted by atomic mass is 15.3. The topological polar surface area (TPSA) is 29.9 Å². The predicted molar refractivity (Wildman–Crippen MR) is 79.0 cm³/mol. The molecule has 0 amide bonds. The van der Waals surface area contributed by atoms with E-state index in [4.69, 9.17) is 0 Å². The lowest BCUT2D eigenvalue weighted by Crippen LogP contribution is -2.18. The largest absolute Gasteiger partial charge is 0.306 e. The molecule has 0 bridgehead atoms. The maximum Gasteiger partial charge on any atom is 0.0666 e. The van der Waals surface area contributed by atoms with Crippen molar-refractivity contribution < 1.29 is 0 Å². The summed E-state index contributed by atoms with van der Waals surface area (Å²) in [5, 5.41) is 8.04. The molecule has 2 aromatic rings. The molecule has 0 aliphatic carbocycles. The van der Waals surface area contributed by atoms with Crippen LogP contribution < -0.4 is 5.32 Å². The van der Waals surface area contributed by atoms with Crippen LogP contribution in [0.2, 0.25) is 0 Å². The van der Waals surface area contributed by atoms with Crippen LogP contribution in [0.3, 0.4) is 0 Å². The fourth-order valence-electron chi connectivity index (χ4n) is 2.27. The molecule has 0 aliphatic rings. The second-order valence-corrected chi connectivity index (χ2v) is 5.14. The van der Waals surface area contributed by atoms with E-state index in [1.54, 1.807) is 0 Å². The summed E-state index contributed by atoms with van der Waals surface area (Å²) in [5.74, 6) is 0. The molecule has 0 saturated carbocycles. The van der Waals surface area contributed by atoms with Gasteiger partial charge in [-0.1, -0.05) is 36.8 Å². The number of aryl methyl sites for hydroxylation is 3. The first-order valence-corrected chi connectivity index (χ1v) is 6.91. The Morgan fingerprint density at radius 1 is 1.26 bits per heavy atom. The Bertz CT molecular complexity index is 525. The van der Waals surface area contributed by atoms with Gasteiger partial charge in [0.1, 0.15) is 0 Å². The molecule has 19 heavy (non-hydrogen) atoms. The fraction of sp³-hybridized carbons (Fsp3) is 0.438. The summed E-state index contributed by atoms with van der Waals surface area (Å²) < 4.78 is 1.90. The molecule has 1 N–H and O–H groups in total. The molecule has 0 saturated heterocycles. The average molecular weight is 257 g/mol. The third-order valence-corrected chi connectivity index (χ3v) is 3.50. The lowest BCUT2D eigenvalue weighted by Gasteiger charge is -2.14. The molecule has 1 aromatic carbocycles. The van der Waals surface area contributed by atoms with E-state index in [2.05, 4.69) is 61.6 Å². The zero-order valence-corrected chi connectivity index (χ0v) is 12.3. The predicted octanol–water partition coefficient (Wildman–Crippen LogP) is 3.14. The molecule has 0 radical (unpaired) electrons. The van der Waals surface area contributed by atoms with Crippen LogP contribution in [0.5, 0.6) is 0 Å². The molecule has 1 unspecified atom stereocenters. The molecule has 2 rings (SSSR count). The lowest BCUT2D eigenvalue weighted by atomic mass is 10.1. The summed E-state index contributed by atoms with van der Waals surface area (Å²) in [6.07, 6.45) is 3.09. The van der Waals surface area contributed by atoms with Gasteiger partial charge in [0, 0.05) is 31.4 Å². The Morgan fingerprint density at radius 2 is 1.95 bits per heavy atom. The minimum atomic E-state index is 0.352. The molecule has 0 aliphatic heterocycles. The van der Waals surface area contributed by atoms with Crippen molar-refractivity contribution in [2.24, 2.45) is 7.05 Å². The molecule has 0 fully saturated rings. The molecule has 0 spiro atoms. The molecule has 1 aromatic heterocycles. The van der Waals surface area contributed by atoms with E-state index in [1.165, 1.54) is 22.4 Å². The van der Waals surface area contributed by atoms with E-state index in [1.807, 2.05) is 11.7 Å². The summed E-state index contributed by atoms with van der Waals surface area (Å²) in [6.45, 7) is 7.33. The van der Waals surface area contributed by atoms with Crippen molar-refractivity contribution in [3.05, 3.63) is 52.8 Å². The van der Waals surface area contributed by atoms with Gasteiger partial charge in [-0.2, -0.15) is 5.10 Å².